The molecule has 0 spiro atoms. The zero-order chi connectivity index (χ0) is 10.9. The fourth-order valence-corrected chi connectivity index (χ4v) is 0.994. The Bertz CT molecular complexity index is 341. The van der Waals surface area contributed by atoms with Crippen LogP contribution in [0.15, 0.2) is 0 Å². The molecule has 0 aliphatic rings. The van der Waals surface area contributed by atoms with Crippen LogP contribution in [-0.2, 0) is 19.7 Å². The predicted octanol–water partition coefficient (Wildman–Crippen LogP) is -10.6. The van der Waals surface area contributed by atoms with Crippen LogP contribution in [0.5, 0.6) is 0 Å². The Labute approximate surface area is 130 Å². The van der Waals surface area contributed by atoms with Gasteiger partial charge in [0.05, 0.1) is 5.97 Å². The minimum Gasteiger partial charge on any atom is -0.550 e. The zero-order valence-electron chi connectivity index (χ0n) is 8.09. The van der Waals surface area contributed by atoms with Gasteiger partial charge >= 0.3 is 59.1 Å². The van der Waals surface area contributed by atoms with Gasteiger partial charge in [-0.1, -0.05) is 0 Å². The van der Waals surface area contributed by atoms with Gasteiger partial charge in [-0.3, -0.25) is 4.55 Å². The molecule has 0 aromatic carbocycles. The Kier molecular flexibility index (Phi) is 10.1. The fourth-order valence-electron chi connectivity index (χ4n) is 0.483. The Morgan fingerprint density at radius 2 is 1.60 bits per heavy atom. The summed E-state index contributed by atoms with van der Waals surface area (Å²) in [6, 6.07) is 0. The van der Waals surface area contributed by atoms with Gasteiger partial charge in [0.2, 0.25) is 0 Å². The van der Waals surface area contributed by atoms with Crippen molar-refractivity contribution in [2.45, 2.75) is 11.3 Å². The number of hydrogen-bond acceptors (Lipinski definition) is 7. The van der Waals surface area contributed by atoms with Crippen molar-refractivity contribution in [3.8, 4) is 0 Å². The van der Waals surface area contributed by atoms with Crippen LogP contribution in [0.3, 0.4) is 0 Å². The van der Waals surface area contributed by atoms with Gasteiger partial charge in [0.1, 0.15) is 0 Å². The molecule has 0 aliphatic carbocycles. The van der Waals surface area contributed by atoms with E-state index in [0.717, 1.165) is 0 Å². The summed E-state index contributed by atoms with van der Waals surface area (Å²) in [6.45, 7) is 0. The molecule has 8 nitrogen and oxygen atoms in total. The maximum absolute atomic E-state index is 10.3. The first kappa shape index (κ1) is 21.1. The summed E-state index contributed by atoms with van der Waals surface area (Å²) in [5, 5.41) is 20.0. The summed E-state index contributed by atoms with van der Waals surface area (Å²) in [7, 11) is -5.26. The van der Waals surface area contributed by atoms with Crippen LogP contribution in [0.1, 0.15) is 6.42 Å². The number of carboxylic acid groups (broad SMARTS) is 2. The van der Waals surface area contributed by atoms with E-state index in [-0.39, 0.29) is 59.1 Å². The first-order valence-corrected chi connectivity index (χ1v) is 4.22. The van der Waals surface area contributed by atoms with Crippen LogP contribution >= 0.6 is 0 Å². The van der Waals surface area contributed by atoms with Crippen LogP contribution in [0.2, 0.25) is 0 Å². The molecule has 0 radical (unpaired) electrons. The second-order valence-electron chi connectivity index (χ2n) is 2.20. The van der Waals surface area contributed by atoms with Crippen molar-refractivity contribution in [2.24, 2.45) is 5.73 Å². The van der Waals surface area contributed by atoms with E-state index in [2.05, 4.69) is 5.73 Å². The van der Waals surface area contributed by atoms with Crippen molar-refractivity contribution < 1.29 is 91.9 Å². The summed E-state index contributed by atoms with van der Waals surface area (Å²) in [6.07, 6.45) is -1.59. The summed E-state index contributed by atoms with van der Waals surface area (Å²) in [4.78, 5) is 16.7. The van der Waals surface area contributed by atoms with E-state index in [1.165, 1.54) is 0 Å². The van der Waals surface area contributed by atoms with Crippen LogP contribution in [-0.4, -0.2) is 29.8 Å². The molecule has 0 amide bonds. The molecule has 11 heteroatoms. The Morgan fingerprint density at radius 1 is 1.27 bits per heavy atom. The van der Waals surface area contributed by atoms with Crippen molar-refractivity contribution >= 4 is 22.1 Å². The van der Waals surface area contributed by atoms with E-state index in [1.54, 1.807) is 0 Å². The molecule has 0 heterocycles. The third-order valence-corrected chi connectivity index (χ3v) is 2.44. The summed E-state index contributed by atoms with van der Waals surface area (Å²) in [5.74, 6) is -4.46. The van der Waals surface area contributed by atoms with Crippen molar-refractivity contribution in [3.63, 3.8) is 0 Å². The molecule has 76 valence electrons. The van der Waals surface area contributed by atoms with E-state index < -0.39 is 33.3 Å². The SMILES string of the molecule is NC(CC(=O)[O-])(C(=O)[O-])S(=O)(=O)O.[Na+].[Na+]. The molecule has 0 aromatic rings. The molecular weight excluding hydrogens is 252 g/mol. The Balaban J connectivity index is -0.000000720. The second kappa shape index (κ2) is 7.20. The van der Waals surface area contributed by atoms with Crippen molar-refractivity contribution in [2.75, 3.05) is 0 Å². The van der Waals surface area contributed by atoms with Gasteiger partial charge in [0, 0.05) is 12.4 Å². The topological polar surface area (TPSA) is 161 Å². The first-order valence-electron chi connectivity index (χ1n) is 2.78. The number of hydrogen-bond donors (Lipinski definition) is 2. The molecule has 0 fully saturated rings. The Hall–Kier alpha value is 0.810. The van der Waals surface area contributed by atoms with E-state index in [4.69, 9.17) is 4.55 Å². The van der Waals surface area contributed by atoms with Gasteiger partial charge in [-0.15, -0.1) is 0 Å². The molecule has 15 heavy (non-hydrogen) atoms. The molecule has 0 saturated carbocycles. The summed E-state index contributed by atoms with van der Waals surface area (Å²) in [5.41, 5.74) is 4.60. The van der Waals surface area contributed by atoms with Crippen molar-refractivity contribution in [1.29, 1.82) is 0 Å². The smallest absolute Gasteiger partial charge is 0.550 e. The molecule has 1 atom stereocenters. The molecule has 3 N–H and O–H groups in total. The van der Waals surface area contributed by atoms with E-state index in [9.17, 15) is 28.2 Å². The number of carboxylic acids is 2. The Morgan fingerprint density at radius 3 is 1.67 bits per heavy atom. The molecular formula is C4H5NNa2O7S. The van der Waals surface area contributed by atoms with E-state index >= 15 is 0 Å². The third-order valence-electron chi connectivity index (χ3n) is 1.21. The largest absolute Gasteiger partial charge is 1.00 e. The van der Waals surface area contributed by atoms with Crippen LogP contribution in [0.4, 0.5) is 0 Å². The number of carbonyl (C=O) groups excluding carboxylic acids is 2. The standard InChI is InChI=1S/C4H7NO7S.2Na/c5-4(3(8)9,1-2(6)7)13(10,11)12;;/h1,5H2,(H,6,7)(H,8,9)(H,10,11,12);;/q;2*+1/p-2. The average molecular weight is 257 g/mol. The molecule has 0 saturated heterocycles. The van der Waals surface area contributed by atoms with Gasteiger partial charge in [0.15, 0.2) is 4.87 Å². The van der Waals surface area contributed by atoms with Gasteiger partial charge in [-0.25, -0.2) is 0 Å². The minimum absolute atomic E-state index is 0. The van der Waals surface area contributed by atoms with Crippen LogP contribution in [0, 0.1) is 0 Å². The zero-order valence-corrected chi connectivity index (χ0v) is 12.9. The number of carbonyl (C=O) groups is 2. The number of nitrogens with two attached hydrogens (primary N) is 1. The number of rotatable bonds is 4. The first-order chi connectivity index (χ1) is 5.61. The maximum Gasteiger partial charge on any atom is 1.00 e. The minimum atomic E-state index is -5.26. The molecule has 0 aromatic heterocycles. The van der Waals surface area contributed by atoms with Crippen LogP contribution < -0.4 is 75.1 Å². The van der Waals surface area contributed by atoms with E-state index in [0.29, 0.717) is 0 Å². The molecule has 1 unspecified atom stereocenters. The fraction of sp³-hybridized carbons (Fsp3) is 0.500. The average Bonchev–Trinajstić information content (AvgIpc) is 1.82. The normalized spacial score (nSPS) is 14.0. The van der Waals surface area contributed by atoms with Crippen molar-refractivity contribution in [1.82, 2.24) is 0 Å². The molecule has 0 aliphatic heterocycles. The summed E-state index contributed by atoms with van der Waals surface area (Å²) >= 11 is 0. The van der Waals surface area contributed by atoms with Crippen LogP contribution in [0.25, 0.3) is 0 Å². The maximum atomic E-state index is 10.3. The molecule has 0 bridgehead atoms. The third kappa shape index (κ3) is 5.61. The monoisotopic (exact) mass is 257 g/mol. The van der Waals surface area contributed by atoms with Gasteiger partial charge in [0.25, 0.3) is 10.1 Å². The summed E-state index contributed by atoms with van der Waals surface area (Å²) < 4.78 is 29.0. The second-order valence-corrected chi connectivity index (χ2v) is 3.88. The predicted molar refractivity (Wildman–Crippen MR) is 33.1 cm³/mol. The quantitative estimate of drug-likeness (QED) is 0.370. The molecule has 0 rings (SSSR count). The van der Waals surface area contributed by atoms with Gasteiger partial charge < -0.3 is 25.5 Å². The number of aliphatic carboxylic acids is 2. The van der Waals surface area contributed by atoms with Crippen molar-refractivity contribution in [3.05, 3.63) is 0 Å². The van der Waals surface area contributed by atoms with E-state index in [1.807, 2.05) is 0 Å². The van der Waals surface area contributed by atoms with Gasteiger partial charge in [-0.2, -0.15) is 8.42 Å². The van der Waals surface area contributed by atoms with Gasteiger partial charge in [-0.05, 0) is 0 Å².